The van der Waals surface area contributed by atoms with Gasteiger partial charge >= 0.3 is 0 Å². The second kappa shape index (κ2) is 8.08. The normalized spacial score (nSPS) is 10.8. The number of carbonyl (C=O) groups is 3. The van der Waals surface area contributed by atoms with E-state index in [9.17, 15) is 14.4 Å². The summed E-state index contributed by atoms with van der Waals surface area (Å²) >= 11 is 27.4. The standard InChI is InChI=1S/C11H8Cl5N3O3/c12-5-1-2-6(7(13)3-5)9(21)17-4-8(20)18-19-10(22)11(14,15)16/h1-3H,4H2,(H,17,21)(H,18,20)(H,19,22). The number of benzene rings is 1. The first-order valence-electron chi connectivity index (χ1n) is 5.50. The summed E-state index contributed by atoms with van der Waals surface area (Å²) < 4.78 is -2.21. The summed E-state index contributed by atoms with van der Waals surface area (Å²) in [5.41, 5.74) is 3.98. The molecular formula is C11H8Cl5N3O3. The van der Waals surface area contributed by atoms with Crippen LogP contribution < -0.4 is 16.2 Å². The Kier molecular flexibility index (Phi) is 7.02. The summed E-state index contributed by atoms with van der Waals surface area (Å²) in [7, 11) is 0. The van der Waals surface area contributed by atoms with Gasteiger partial charge in [-0.25, -0.2) is 0 Å². The minimum Gasteiger partial charge on any atom is -0.343 e. The molecule has 0 aliphatic heterocycles. The smallest absolute Gasteiger partial charge is 0.290 e. The van der Waals surface area contributed by atoms with Crippen LogP contribution in [0.2, 0.25) is 10.0 Å². The molecule has 0 fully saturated rings. The van der Waals surface area contributed by atoms with Crippen LogP contribution in [-0.4, -0.2) is 28.1 Å². The molecule has 0 saturated heterocycles. The topological polar surface area (TPSA) is 87.3 Å². The lowest BCUT2D eigenvalue weighted by atomic mass is 10.2. The molecule has 0 heterocycles. The molecular weight excluding hydrogens is 399 g/mol. The second-order valence-corrected chi connectivity index (χ2v) is 6.93. The van der Waals surface area contributed by atoms with Crippen LogP contribution in [0.3, 0.4) is 0 Å². The Balaban J connectivity index is 2.47. The van der Waals surface area contributed by atoms with E-state index in [1.54, 1.807) is 0 Å². The average Bonchev–Trinajstić information content (AvgIpc) is 2.41. The third-order valence-corrected chi connectivity index (χ3v) is 3.22. The fraction of sp³-hybridized carbons (Fsp3) is 0.182. The quantitative estimate of drug-likeness (QED) is 0.531. The van der Waals surface area contributed by atoms with Gasteiger partial charge in [0.1, 0.15) is 0 Å². The summed E-state index contributed by atoms with van der Waals surface area (Å²) in [6.45, 7) is -0.433. The molecule has 120 valence electrons. The number of rotatable bonds is 3. The number of hydrazine groups is 1. The molecule has 0 aromatic heterocycles. The first kappa shape index (κ1) is 19.1. The molecule has 1 aromatic carbocycles. The van der Waals surface area contributed by atoms with Crippen molar-refractivity contribution in [3.8, 4) is 0 Å². The third kappa shape index (κ3) is 6.06. The van der Waals surface area contributed by atoms with E-state index in [-0.39, 0.29) is 10.6 Å². The van der Waals surface area contributed by atoms with Crippen LogP contribution >= 0.6 is 58.0 Å². The minimum atomic E-state index is -2.21. The Hall–Kier alpha value is -0.920. The molecule has 1 rings (SSSR count). The Morgan fingerprint density at radius 2 is 1.68 bits per heavy atom. The Morgan fingerprint density at radius 3 is 2.23 bits per heavy atom. The van der Waals surface area contributed by atoms with E-state index in [1.807, 2.05) is 10.9 Å². The summed E-state index contributed by atoms with van der Waals surface area (Å²) in [5.74, 6) is -2.37. The van der Waals surface area contributed by atoms with Gasteiger partial charge in [-0.15, -0.1) is 0 Å². The summed E-state index contributed by atoms with van der Waals surface area (Å²) in [6.07, 6.45) is 0. The lowest BCUT2D eigenvalue weighted by Gasteiger charge is -2.12. The molecule has 11 heteroatoms. The van der Waals surface area contributed by atoms with Crippen molar-refractivity contribution in [3.63, 3.8) is 0 Å². The third-order valence-electron chi connectivity index (χ3n) is 2.16. The molecule has 3 amide bonds. The van der Waals surface area contributed by atoms with Gasteiger partial charge in [-0.05, 0) is 18.2 Å². The summed E-state index contributed by atoms with van der Waals surface area (Å²) in [6, 6.07) is 4.27. The zero-order chi connectivity index (χ0) is 16.9. The van der Waals surface area contributed by atoms with Gasteiger partial charge in [-0.2, -0.15) is 0 Å². The first-order valence-corrected chi connectivity index (χ1v) is 7.39. The maximum atomic E-state index is 11.8. The predicted molar refractivity (Wildman–Crippen MR) is 85.4 cm³/mol. The van der Waals surface area contributed by atoms with Crippen molar-refractivity contribution in [2.24, 2.45) is 0 Å². The number of carbonyl (C=O) groups excluding carboxylic acids is 3. The minimum absolute atomic E-state index is 0.134. The van der Waals surface area contributed by atoms with Gasteiger partial charge in [-0.3, -0.25) is 25.2 Å². The number of hydrogen-bond donors (Lipinski definition) is 3. The monoisotopic (exact) mass is 405 g/mol. The predicted octanol–water partition coefficient (Wildman–Crippen LogP) is 2.24. The van der Waals surface area contributed by atoms with E-state index in [0.29, 0.717) is 5.02 Å². The lowest BCUT2D eigenvalue weighted by Crippen LogP contribution is -2.49. The van der Waals surface area contributed by atoms with Crippen molar-refractivity contribution in [2.75, 3.05) is 6.54 Å². The zero-order valence-corrected chi connectivity index (χ0v) is 14.3. The lowest BCUT2D eigenvalue weighted by molar-refractivity contribution is -0.127. The maximum Gasteiger partial charge on any atom is 0.290 e. The molecule has 0 saturated carbocycles. The SMILES string of the molecule is O=C(CNC(=O)c1ccc(Cl)cc1Cl)NNC(=O)C(Cl)(Cl)Cl. The fourth-order valence-electron chi connectivity index (χ4n) is 1.17. The van der Waals surface area contributed by atoms with Crippen molar-refractivity contribution < 1.29 is 14.4 Å². The fourth-order valence-corrected chi connectivity index (χ4v) is 1.81. The van der Waals surface area contributed by atoms with E-state index in [0.717, 1.165) is 0 Å². The van der Waals surface area contributed by atoms with Crippen molar-refractivity contribution in [3.05, 3.63) is 33.8 Å². The molecule has 6 nitrogen and oxygen atoms in total. The van der Waals surface area contributed by atoms with Crippen molar-refractivity contribution in [1.29, 1.82) is 0 Å². The van der Waals surface area contributed by atoms with E-state index >= 15 is 0 Å². The number of amides is 3. The highest BCUT2D eigenvalue weighted by atomic mass is 35.6. The van der Waals surface area contributed by atoms with Crippen LogP contribution in [0.4, 0.5) is 0 Å². The van der Waals surface area contributed by atoms with Crippen molar-refractivity contribution >= 4 is 75.7 Å². The molecule has 0 radical (unpaired) electrons. The van der Waals surface area contributed by atoms with Gasteiger partial charge < -0.3 is 5.32 Å². The van der Waals surface area contributed by atoms with E-state index in [2.05, 4.69) is 5.32 Å². The number of halogens is 5. The van der Waals surface area contributed by atoms with Crippen LogP contribution in [0.25, 0.3) is 0 Å². The largest absolute Gasteiger partial charge is 0.343 e. The van der Waals surface area contributed by atoms with Crippen molar-refractivity contribution in [1.82, 2.24) is 16.2 Å². The number of nitrogens with one attached hydrogen (secondary N) is 3. The molecule has 0 atom stereocenters. The van der Waals surface area contributed by atoms with Crippen molar-refractivity contribution in [2.45, 2.75) is 3.79 Å². The van der Waals surface area contributed by atoms with Gasteiger partial charge in [0.2, 0.25) is 0 Å². The van der Waals surface area contributed by atoms with Crippen LogP contribution in [0.1, 0.15) is 10.4 Å². The second-order valence-electron chi connectivity index (χ2n) is 3.81. The van der Waals surface area contributed by atoms with Crippen LogP contribution in [-0.2, 0) is 9.59 Å². The maximum absolute atomic E-state index is 11.8. The summed E-state index contributed by atoms with van der Waals surface area (Å²) in [4.78, 5) is 34.4. The number of hydrogen-bond acceptors (Lipinski definition) is 3. The first-order chi connectivity index (χ1) is 10.1. The average molecular weight is 407 g/mol. The molecule has 0 bridgehead atoms. The summed E-state index contributed by atoms with van der Waals surface area (Å²) in [5, 5.41) is 2.80. The van der Waals surface area contributed by atoms with Gasteiger partial charge in [0.05, 0.1) is 17.1 Å². The Morgan fingerprint density at radius 1 is 1.05 bits per heavy atom. The van der Waals surface area contributed by atoms with Gasteiger partial charge in [0, 0.05) is 5.02 Å². The zero-order valence-electron chi connectivity index (χ0n) is 10.6. The highest BCUT2D eigenvalue weighted by Crippen LogP contribution is 2.25. The van der Waals surface area contributed by atoms with E-state index in [1.165, 1.54) is 18.2 Å². The highest BCUT2D eigenvalue weighted by Gasteiger charge is 2.30. The van der Waals surface area contributed by atoms with E-state index in [4.69, 9.17) is 58.0 Å². The van der Waals surface area contributed by atoms with Gasteiger partial charge in [-0.1, -0.05) is 58.0 Å². The number of alkyl halides is 3. The molecule has 3 N–H and O–H groups in total. The molecule has 0 spiro atoms. The van der Waals surface area contributed by atoms with Gasteiger partial charge in [0.25, 0.3) is 21.5 Å². The van der Waals surface area contributed by atoms with Gasteiger partial charge in [0.15, 0.2) is 0 Å². The Bertz CT molecular complexity index is 603. The Labute approximate surface area is 150 Å². The van der Waals surface area contributed by atoms with Crippen LogP contribution in [0, 0.1) is 0 Å². The molecule has 1 aromatic rings. The highest BCUT2D eigenvalue weighted by molar-refractivity contribution is 6.76. The van der Waals surface area contributed by atoms with Crippen LogP contribution in [0.15, 0.2) is 18.2 Å². The van der Waals surface area contributed by atoms with E-state index < -0.39 is 28.1 Å². The molecule has 22 heavy (non-hydrogen) atoms. The molecule has 0 aliphatic carbocycles. The van der Waals surface area contributed by atoms with Crippen LogP contribution in [0.5, 0.6) is 0 Å². The molecule has 0 unspecified atom stereocenters. The molecule has 0 aliphatic rings.